The SMILES string of the molecule is COc1cc(OC)c(C(=O)P(=O)(c2ccccc2)c2ccccc2)c(OC)c1. The quantitative estimate of drug-likeness (QED) is 0.568. The molecule has 0 N–H and O–H groups in total. The Bertz CT molecular complexity index is 947. The summed E-state index contributed by atoms with van der Waals surface area (Å²) >= 11 is 0. The van der Waals surface area contributed by atoms with Gasteiger partial charge in [0.1, 0.15) is 22.8 Å². The van der Waals surface area contributed by atoms with Crippen molar-refractivity contribution in [2.24, 2.45) is 0 Å². The first-order valence-electron chi connectivity index (χ1n) is 8.62. The summed E-state index contributed by atoms with van der Waals surface area (Å²) in [6.07, 6.45) is 0. The van der Waals surface area contributed by atoms with E-state index in [0.29, 0.717) is 16.4 Å². The van der Waals surface area contributed by atoms with Crippen molar-refractivity contribution < 1.29 is 23.6 Å². The van der Waals surface area contributed by atoms with Crippen molar-refractivity contribution >= 4 is 23.3 Å². The molecule has 0 heterocycles. The van der Waals surface area contributed by atoms with Gasteiger partial charge in [-0.3, -0.25) is 4.79 Å². The molecule has 0 aliphatic carbocycles. The Morgan fingerprint density at radius 2 is 1.14 bits per heavy atom. The Morgan fingerprint density at radius 1 is 0.714 bits per heavy atom. The maximum Gasteiger partial charge on any atom is 0.237 e. The van der Waals surface area contributed by atoms with E-state index in [0.717, 1.165) is 0 Å². The second kappa shape index (κ2) is 8.32. The minimum Gasteiger partial charge on any atom is -0.496 e. The number of ether oxygens (including phenoxy) is 3. The lowest BCUT2D eigenvalue weighted by Gasteiger charge is -2.21. The highest BCUT2D eigenvalue weighted by molar-refractivity contribution is 7.93. The molecule has 0 aromatic heterocycles. The van der Waals surface area contributed by atoms with E-state index in [-0.39, 0.29) is 17.1 Å². The van der Waals surface area contributed by atoms with E-state index in [1.54, 1.807) is 60.7 Å². The van der Waals surface area contributed by atoms with E-state index < -0.39 is 12.7 Å². The van der Waals surface area contributed by atoms with Crippen LogP contribution >= 0.6 is 7.14 Å². The van der Waals surface area contributed by atoms with E-state index in [9.17, 15) is 9.36 Å². The average molecular weight is 396 g/mol. The molecule has 3 rings (SSSR count). The third kappa shape index (κ3) is 3.41. The summed E-state index contributed by atoms with van der Waals surface area (Å²) in [4.78, 5) is 13.8. The molecule has 0 radical (unpaired) electrons. The van der Waals surface area contributed by atoms with Gasteiger partial charge in [0.25, 0.3) is 0 Å². The molecular formula is C22H21O5P. The van der Waals surface area contributed by atoms with Gasteiger partial charge in [0, 0.05) is 22.7 Å². The van der Waals surface area contributed by atoms with E-state index in [2.05, 4.69) is 0 Å². The second-order valence-corrected chi connectivity index (χ2v) is 8.65. The van der Waals surface area contributed by atoms with Gasteiger partial charge < -0.3 is 18.8 Å². The summed E-state index contributed by atoms with van der Waals surface area (Å²) in [7, 11) is 0.719. The summed E-state index contributed by atoms with van der Waals surface area (Å²) in [5, 5.41) is 0.900. The third-order valence-electron chi connectivity index (χ3n) is 4.45. The molecule has 28 heavy (non-hydrogen) atoms. The molecule has 144 valence electrons. The summed E-state index contributed by atoms with van der Waals surface area (Å²) < 4.78 is 30.4. The number of carbonyl (C=O) groups is 1. The molecule has 0 saturated carbocycles. The first-order chi connectivity index (χ1) is 13.6. The molecule has 3 aromatic carbocycles. The van der Waals surface area contributed by atoms with Gasteiger partial charge in [0.15, 0.2) is 0 Å². The molecule has 0 aliphatic rings. The zero-order valence-corrected chi connectivity index (χ0v) is 16.8. The lowest BCUT2D eigenvalue weighted by molar-refractivity contribution is 0.107. The molecule has 0 aliphatic heterocycles. The number of benzene rings is 3. The lowest BCUT2D eigenvalue weighted by Crippen LogP contribution is -2.23. The van der Waals surface area contributed by atoms with Crippen LogP contribution in [0.2, 0.25) is 0 Å². The first-order valence-corrected chi connectivity index (χ1v) is 10.3. The fourth-order valence-corrected chi connectivity index (χ4v) is 5.52. The maximum atomic E-state index is 14.3. The van der Waals surface area contributed by atoms with Crippen LogP contribution in [0.4, 0.5) is 0 Å². The zero-order chi connectivity index (χ0) is 20.1. The van der Waals surface area contributed by atoms with Crippen molar-refractivity contribution in [1.29, 1.82) is 0 Å². The van der Waals surface area contributed by atoms with E-state index in [4.69, 9.17) is 14.2 Å². The van der Waals surface area contributed by atoms with Crippen LogP contribution in [0.15, 0.2) is 72.8 Å². The number of hydrogen-bond acceptors (Lipinski definition) is 5. The van der Waals surface area contributed by atoms with Crippen LogP contribution in [0.25, 0.3) is 0 Å². The molecule has 6 heteroatoms. The lowest BCUT2D eigenvalue weighted by atomic mass is 10.2. The van der Waals surface area contributed by atoms with Crippen LogP contribution in [0.1, 0.15) is 10.4 Å². The Kier molecular flexibility index (Phi) is 5.86. The number of hydrogen-bond donors (Lipinski definition) is 0. The van der Waals surface area contributed by atoms with Crippen LogP contribution < -0.4 is 24.8 Å². The summed E-state index contributed by atoms with van der Waals surface area (Å²) in [5.41, 5.74) is -0.428. The Balaban J connectivity index is 2.29. The normalized spacial score (nSPS) is 11.0. The van der Waals surface area contributed by atoms with Crippen LogP contribution in [0.3, 0.4) is 0 Å². The van der Waals surface area contributed by atoms with Crippen LogP contribution in [0.5, 0.6) is 17.2 Å². The smallest absolute Gasteiger partial charge is 0.237 e. The molecule has 3 aromatic rings. The molecular weight excluding hydrogens is 375 g/mol. The monoisotopic (exact) mass is 396 g/mol. The van der Waals surface area contributed by atoms with Crippen molar-refractivity contribution in [3.05, 3.63) is 78.4 Å². The van der Waals surface area contributed by atoms with Gasteiger partial charge in [-0.15, -0.1) is 0 Å². The third-order valence-corrected chi connectivity index (χ3v) is 7.30. The summed E-state index contributed by atoms with van der Waals surface area (Å²) in [5.74, 6) is 0.959. The number of carbonyl (C=O) groups excluding carboxylic acids is 1. The average Bonchev–Trinajstić information content (AvgIpc) is 2.78. The summed E-state index contributed by atoms with van der Waals surface area (Å²) in [6.45, 7) is 0. The Morgan fingerprint density at radius 3 is 1.50 bits per heavy atom. The van der Waals surface area contributed by atoms with Crippen molar-refractivity contribution in [1.82, 2.24) is 0 Å². The van der Waals surface area contributed by atoms with Crippen molar-refractivity contribution in [3.63, 3.8) is 0 Å². The fourth-order valence-electron chi connectivity index (χ4n) is 3.03. The van der Waals surface area contributed by atoms with Gasteiger partial charge in [0.2, 0.25) is 12.7 Å². The van der Waals surface area contributed by atoms with Crippen molar-refractivity contribution in [3.8, 4) is 17.2 Å². The highest BCUT2D eigenvalue weighted by Gasteiger charge is 2.39. The van der Waals surface area contributed by atoms with Gasteiger partial charge in [-0.25, -0.2) is 0 Å². The van der Waals surface area contributed by atoms with Gasteiger partial charge in [0.05, 0.1) is 21.3 Å². The number of rotatable bonds is 7. The molecule has 0 spiro atoms. The minimum absolute atomic E-state index is 0.127. The molecule has 0 saturated heterocycles. The van der Waals surface area contributed by atoms with Gasteiger partial charge in [-0.1, -0.05) is 60.7 Å². The molecule has 0 atom stereocenters. The minimum atomic E-state index is -3.68. The molecule has 0 amide bonds. The summed E-state index contributed by atoms with van der Waals surface area (Å²) in [6, 6.07) is 20.7. The van der Waals surface area contributed by atoms with E-state index >= 15 is 0 Å². The van der Waals surface area contributed by atoms with Crippen molar-refractivity contribution in [2.45, 2.75) is 0 Å². The van der Waals surface area contributed by atoms with E-state index in [1.165, 1.54) is 21.3 Å². The van der Waals surface area contributed by atoms with E-state index in [1.807, 2.05) is 12.1 Å². The molecule has 0 bridgehead atoms. The van der Waals surface area contributed by atoms with Crippen LogP contribution in [0, 0.1) is 0 Å². The van der Waals surface area contributed by atoms with Gasteiger partial charge >= 0.3 is 0 Å². The highest BCUT2D eigenvalue weighted by Crippen LogP contribution is 2.51. The van der Waals surface area contributed by atoms with Crippen molar-refractivity contribution in [2.75, 3.05) is 21.3 Å². The van der Waals surface area contributed by atoms with Gasteiger partial charge in [-0.2, -0.15) is 0 Å². The maximum absolute atomic E-state index is 14.3. The molecule has 0 unspecified atom stereocenters. The molecule has 5 nitrogen and oxygen atoms in total. The van der Waals surface area contributed by atoms with Crippen LogP contribution in [-0.4, -0.2) is 26.9 Å². The fraction of sp³-hybridized carbons (Fsp3) is 0.136. The largest absolute Gasteiger partial charge is 0.496 e. The Hall–Kier alpha value is -3.04. The molecule has 0 fully saturated rings. The zero-order valence-electron chi connectivity index (χ0n) is 15.9. The standard InChI is InChI=1S/C22H21O5P/c1-25-16-14-19(26-2)21(20(15-16)27-3)22(23)28(24,17-10-6-4-7-11-17)18-12-8-5-9-13-18/h4-15H,1-3H3. The topological polar surface area (TPSA) is 61.8 Å². The second-order valence-electron chi connectivity index (χ2n) is 5.99. The predicted octanol–water partition coefficient (Wildman–Crippen LogP) is 3.87. The first kappa shape index (κ1) is 19.7. The van der Waals surface area contributed by atoms with Crippen LogP contribution in [-0.2, 0) is 4.57 Å². The number of methoxy groups -OCH3 is 3. The Labute approximate surface area is 164 Å². The van der Waals surface area contributed by atoms with Gasteiger partial charge in [-0.05, 0) is 0 Å². The highest BCUT2D eigenvalue weighted by atomic mass is 31.2. The predicted molar refractivity (Wildman–Crippen MR) is 110 cm³/mol.